The smallest absolute Gasteiger partial charge is 0.252 e. The summed E-state index contributed by atoms with van der Waals surface area (Å²) < 4.78 is 0. The number of benzene rings is 1. The minimum absolute atomic E-state index is 0. The molecule has 0 spiro atoms. The van der Waals surface area contributed by atoms with Gasteiger partial charge in [0.25, 0.3) is 5.91 Å². The predicted molar refractivity (Wildman–Crippen MR) is 108 cm³/mol. The van der Waals surface area contributed by atoms with Crippen molar-refractivity contribution < 1.29 is 9.90 Å². The third-order valence-electron chi connectivity index (χ3n) is 5.05. The summed E-state index contributed by atoms with van der Waals surface area (Å²) in [7, 11) is 0. The number of carbonyl (C=O) groups excluding carboxylic acids is 1. The molecule has 2 fully saturated rings. The molecule has 1 amide bonds. The number of hydrogen-bond acceptors (Lipinski definition) is 4. The average molecular weight is 398 g/mol. The summed E-state index contributed by atoms with van der Waals surface area (Å²) in [6.07, 6.45) is 1.93. The van der Waals surface area contributed by atoms with Crippen LogP contribution in [-0.2, 0) is 0 Å². The minimum Gasteiger partial charge on any atom is -0.391 e. The van der Waals surface area contributed by atoms with Crippen LogP contribution in [0.4, 0.5) is 0 Å². The summed E-state index contributed by atoms with van der Waals surface area (Å²) in [5.74, 6) is 0.504. The van der Waals surface area contributed by atoms with Crippen molar-refractivity contribution in [2.75, 3.05) is 19.6 Å². The van der Waals surface area contributed by atoms with Crippen molar-refractivity contribution in [1.29, 1.82) is 0 Å². The summed E-state index contributed by atoms with van der Waals surface area (Å²) in [6, 6.07) is 8.02. The van der Waals surface area contributed by atoms with E-state index in [4.69, 9.17) is 4.98 Å². The van der Waals surface area contributed by atoms with Crippen molar-refractivity contribution in [2.45, 2.75) is 31.8 Å². The van der Waals surface area contributed by atoms with E-state index in [1.165, 1.54) is 0 Å². The van der Waals surface area contributed by atoms with Gasteiger partial charge < -0.3 is 15.7 Å². The molecule has 2 heterocycles. The van der Waals surface area contributed by atoms with Crippen LogP contribution in [0.25, 0.3) is 10.9 Å². The highest BCUT2D eigenvalue weighted by atomic mass is 35.5. The fraction of sp³-hybridized carbons (Fsp3) is 0.474. The Balaban J connectivity index is 0.00000121. The fourth-order valence-corrected chi connectivity index (χ4v) is 3.38. The molecular formula is C19H25Cl2N3O2. The van der Waals surface area contributed by atoms with Crippen molar-refractivity contribution in [1.82, 2.24) is 15.6 Å². The van der Waals surface area contributed by atoms with Crippen molar-refractivity contribution in [2.24, 2.45) is 5.92 Å². The van der Waals surface area contributed by atoms with E-state index in [1.807, 2.05) is 31.2 Å². The molecule has 1 aromatic carbocycles. The Morgan fingerprint density at radius 1 is 1.27 bits per heavy atom. The highest BCUT2D eigenvalue weighted by Gasteiger charge is 2.28. The second-order valence-electron chi connectivity index (χ2n) is 7.09. The molecule has 2 aromatic rings. The van der Waals surface area contributed by atoms with Crippen LogP contribution in [0.2, 0.25) is 0 Å². The number of aliphatic hydroxyl groups is 1. The number of halogens is 2. The molecule has 7 heteroatoms. The number of carbonyl (C=O) groups is 1. The Kier molecular flexibility index (Phi) is 6.86. The van der Waals surface area contributed by atoms with Gasteiger partial charge in [-0.1, -0.05) is 11.6 Å². The van der Waals surface area contributed by atoms with Gasteiger partial charge in [-0.2, -0.15) is 0 Å². The molecule has 4 rings (SSSR count). The molecule has 1 aliphatic carbocycles. The van der Waals surface area contributed by atoms with Gasteiger partial charge in [-0.25, -0.2) is 0 Å². The van der Waals surface area contributed by atoms with Crippen LogP contribution < -0.4 is 10.6 Å². The molecule has 0 bridgehead atoms. The number of β-amino-alcohol motifs (C(OH)–C–C–N with tert-alkyl or cyclic N) is 1. The maximum Gasteiger partial charge on any atom is 0.252 e. The van der Waals surface area contributed by atoms with E-state index in [0.29, 0.717) is 24.6 Å². The monoisotopic (exact) mass is 397 g/mol. The van der Waals surface area contributed by atoms with Gasteiger partial charge in [-0.3, -0.25) is 9.78 Å². The van der Waals surface area contributed by atoms with Gasteiger partial charge in [0.1, 0.15) is 0 Å². The van der Waals surface area contributed by atoms with Crippen LogP contribution in [0.15, 0.2) is 24.3 Å². The molecule has 142 valence electrons. The number of amides is 1. The van der Waals surface area contributed by atoms with Gasteiger partial charge >= 0.3 is 0 Å². The highest BCUT2D eigenvalue weighted by Crippen LogP contribution is 2.40. The zero-order valence-electron chi connectivity index (χ0n) is 14.7. The van der Waals surface area contributed by atoms with Crippen molar-refractivity contribution in [3.8, 4) is 0 Å². The SMILES string of the molecule is Cc1ccc2nc(C3CC3)cc(C(=O)NCC3CNCC3O)c2c1.Cl.Cl. The maximum absolute atomic E-state index is 12.8. The van der Waals surface area contributed by atoms with E-state index in [9.17, 15) is 9.90 Å². The molecule has 2 atom stereocenters. The maximum atomic E-state index is 12.8. The third kappa shape index (κ3) is 4.29. The Hall–Kier alpha value is -1.40. The number of hydrogen-bond donors (Lipinski definition) is 3. The Morgan fingerprint density at radius 2 is 2.04 bits per heavy atom. The highest BCUT2D eigenvalue weighted by molar-refractivity contribution is 6.06. The normalized spacial score (nSPS) is 21.8. The van der Waals surface area contributed by atoms with Crippen LogP contribution in [0.1, 0.15) is 40.4 Å². The van der Waals surface area contributed by atoms with E-state index in [2.05, 4.69) is 10.6 Å². The Morgan fingerprint density at radius 3 is 2.69 bits per heavy atom. The molecule has 1 saturated heterocycles. The molecule has 2 aliphatic rings. The first-order valence-electron chi connectivity index (χ1n) is 8.70. The summed E-state index contributed by atoms with van der Waals surface area (Å²) in [5, 5.41) is 16.9. The van der Waals surface area contributed by atoms with Gasteiger partial charge in [0.2, 0.25) is 0 Å². The fourth-order valence-electron chi connectivity index (χ4n) is 3.38. The lowest BCUT2D eigenvalue weighted by molar-refractivity contribution is 0.0928. The summed E-state index contributed by atoms with van der Waals surface area (Å²) in [5.41, 5.74) is 3.73. The van der Waals surface area contributed by atoms with Crippen molar-refractivity contribution >= 4 is 41.6 Å². The number of nitrogens with zero attached hydrogens (tertiary/aromatic N) is 1. The van der Waals surface area contributed by atoms with Gasteiger partial charge in [0.05, 0.1) is 17.2 Å². The van der Waals surface area contributed by atoms with Crippen LogP contribution >= 0.6 is 24.8 Å². The lowest BCUT2D eigenvalue weighted by atomic mass is 10.0. The number of aliphatic hydroxyl groups excluding tert-OH is 1. The van der Waals surface area contributed by atoms with E-state index in [-0.39, 0.29) is 42.7 Å². The molecule has 1 aromatic heterocycles. The second-order valence-corrected chi connectivity index (χ2v) is 7.09. The second kappa shape index (κ2) is 8.53. The van der Waals surface area contributed by atoms with Gasteiger partial charge in [-0.15, -0.1) is 24.8 Å². The third-order valence-corrected chi connectivity index (χ3v) is 5.05. The number of pyridine rings is 1. The van der Waals surface area contributed by atoms with Gasteiger partial charge in [0.15, 0.2) is 0 Å². The van der Waals surface area contributed by atoms with Crippen LogP contribution in [0.3, 0.4) is 0 Å². The van der Waals surface area contributed by atoms with Crippen LogP contribution in [0, 0.1) is 12.8 Å². The first-order chi connectivity index (χ1) is 11.6. The van der Waals surface area contributed by atoms with E-state index < -0.39 is 0 Å². The molecule has 5 nitrogen and oxygen atoms in total. The zero-order valence-corrected chi connectivity index (χ0v) is 16.3. The average Bonchev–Trinajstić information content (AvgIpc) is 3.34. The molecule has 26 heavy (non-hydrogen) atoms. The summed E-state index contributed by atoms with van der Waals surface area (Å²) >= 11 is 0. The topological polar surface area (TPSA) is 74.2 Å². The zero-order chi connectivity index (χ0) is 16.7. The first-order valence-corrected chi connectivity index (χ1v) is 8.70. The molecule has 3 N–H and O–H groups in total. The lowest BCUT2D eigenvalue weighted by Crippen LogP contribution is -2.34. The first kappa shape index (κ1) is 20.9. The van der Waals surface area contributed by atoms with E-state index in [1.54, 1.807) is 0 Å². The largest absolute Gasteiger partial charge is 0.391 e. The number of nitrogens with one attached hydrogen (secondary N) is 2. The molecule has 0 radical (unpaired) electrons. The number of fused-ring (bicyclic) bond motifs is 1. The molecule has 1 saturated carbocycles. The Labute approximate surface area is 165 Å². The van der Waals surface area contributed by atoms with Gasteiger partial charge in [-0.05, 0) is 38.0 Å². The van der Waals surface area contributed by atoms with E-state index in [0.717, 1.165) is 41.5 Å². The number of rotatable bonds is 4. The molecule has 2 unspecified atom stereocenters. The molecule has 1 aliphatic heterocycles. The predicted octanol–water partition coefficient (Wildman–Crippen LogP) is 2.57. The minimum atomic E-state index is -0.385. The van der Waals surface area contributed by atoms with Crippen LogP contribution in [-0.4, -0.2) is 41.7 Å². The number of aromatic nitrogens is 1. The summed E-state index contributed by atoms with van der Waals surface area (Å²) in [4.78, 5) is 17.5. The lowest BCUT2D eigenvalue weighted by Gasteiger charge is -2.15. The van der Waals surface area contributed by atoms with Crippen LogP contribution in [0.5, 0.6) is 0 Å². The van der Waals surface area contributed by atoms with E-state index >= 15 is 0 Å². The standard InChI is InChI=1S/C19H23N3O2.2ClH/c1-11-2-5-16-14(6-11)15(7-17(22-16)12-3-4-12)19(24)21-9-13-8-20-10-18(13)23;;/h2,5-7,12-13,18,20,23H,3-4,8-10H2,1H3,(H,21,24);2*1H. The number of aryl methyl sites for hydroxylation is 1. The van der Waals surface area contributed by atoms with Gasteiger partial charge in [0, 0.05) is 42.6 Å². The van der Waals surface area contributed by atoms with Crippen molar-refractivity contribution in [3.63, 3.8) is 0 Å². The van der Waals surface area contributed by atoms with Crippen molar-refractivity contribution in [3.05, 3.63) is 41.1 Å². The Bertz CT molecular complexity index is 796. The molecular weight excluding hydrogens is 373 g/mol. The summed E-state index contributed by atoms with van der Waals surface area (Å²) in [6.45, 7) is 3.85. The quantitative estimate of drug-likeness (QED) is 0.740.